The summed E-state index contributed by atoms with van der Waals surface area (Å²) in [5.41, 5.74) is 10.3. The SMILES string of the molecule is CCc1ccc2c(c1-c1cc(/C=C/C=C/c3ccc(OC)cc3)cc[nH+]1)-c1cccc[n+]1CC2. The Bertz CT molecular complexity index is 1370. The van der Waals surface area contributed by atoms with Gasteiger partial charge in [-0.3, -0.25) is 0 Å². The van der Waals surface area contributed by atoms with Gasteiger partial charge < -0.3 is 4.74 Å². The minimum absolute atomic E-state index is 0.872. The van der Waals surface area contributed by atoms with E-state index in [-0.39, 0.29) is 0 Å². The number of methoxy groups -OCH3 is 1. The maximum absolute atomic E-state index is 5.23. The second kappa shape index (κ2) is 9.88. The molecule has 1 aliphatic heterocycles. The maximum atomic E-state index is 5.23. The molecule has 0 saturated heterocycles. The average Bonchev–Trinajstić information content (AvgIpc) is 2.90. The van der Waals surface area contributed by atoms with Gasteiger partial charge in [-0.1, -0.05) is 55.5 Å². The molecule has 4 aromatic rings. The summed E-state index contributed by atoms with van der Waals surface area (Å²) in [4.78, 5) is 3.53. The van der Waals surface area contributed by atoms with Crippen LogP contribution in [0.1, 0.15) is 29.2 Å². The lowest BCUT2D eigenvalue weighted by atomic mass is 9.86. The van der Waals surface area contributed by atoms with Gasteiger partial charge in [-0.2, -0.15) is 4.57 Å². The van der Waals surface area contributed by atoms with E-state index in [4.69, 9.17) is 4.74 Å². The van der Waals surface area contributed by atoms with E-state index in [2.05, 4.69) is 102 Å². The molecule has 0 amide bonds. The number of fused-ring (bicyclic) bond motifs is 3. The smallest absolute Gasteiger partial charge is 0.213 e. The van der Waals surface area contributed by atoms with Crippen LogP contribution < -0.4 is 14.3 Å². The normalized spacial score (nSPS) is 12.6. The third kappa shape index (κ3) is 4.42. The summed E-state index contributed by atoms with van der Waals surface area (Å²) < 4.78 is 7.60. The molecule has 0 atom stereocenters. The number of allylic oxidation sites excluding steroid dienone is 2. The highest BCUT2D eigenvalue weighted by Gasteiger charge is 2.29. The van der Waals surface area contributed by atoms with Crippen molar-refractivity contribution in [3.8, 4) is 28.3 Å². The molecule has 2 aromatic carbocycles. The monoisotopic (exact) mass is 446 g/mol. The fraction of sp³-hybridized carbons (Fsp3) is 0.161. The number of pyridine rings is 2. The summed E-state index contributed by atoms with van der Waals surface area (Å²) in [5.74, 6) is 0.872. The van der Waals surface area contributed by atoms with Gasteiger partial charge in [0.25, 0.3) is 0 Å². The number of benzene rings is 2. The average molecular weight is 447 g/mol. The fourth-order valence-corrected chi connectivity index (χ4v) is 4.71. The predicted molar refractivity (Wildman–Crippen MR) is 138 cm³/mol. The lowest BCUT2D eigenvalue weighted by molar-refractivity contribution is -0.687. The number of ether oxygens (including phenoxy) is 1. The predicted octanol–water partition coefficient (Wildman–Crippen LogP) is 5.98. The maximum Gasteiger partial charge on any atom is 0.213 e. The van der Waals surface area contributed by atoms with Crippen molar-refractivity contribution in [1.29, 1.82) is 0 Å². The van der Waals surface area contributed by atoms with Crippen LogP contribution in [0.5, 0.6) is 5.75 Å². The largest absolute Gasteiger partial charge is 0.497 e. The molecular weight excluding hydrogens is 416 g/mol. The Labute approximate surface area is 201 Å². The Balaban J connectivity index is 1.48. The van der Waals surface area contributed by atoms with Crippen LogP contribution in [0.3, 0.4) is 0 Å². The number of aromatic nitrogens is 2. The summed E-state index contributed by atoms with van der Waals surface area (Å²) in [6, 6.07) is 23.6. The highest BCUT2D eigenvalue weighted by molar-refractivity contribution is 5.84. The van der Waals surface area contributed by atoms with Gasteiger partial charge in [-0.15, -0.1) is 0 Å². The van der Waals surface area contributed by atoms with E-state index in [0.717, 1.165) is 36.4 Å². The Hall–Kier alpha value is -3.98. The van der Waals surface area contributed by atoms with E-state index in [9.17, 15) is 0 Å². The number of aromatic amines is 1. The molecule has 0 saturated carbocycles. The number of hydrogen-bond donors (Lipinski definition) is 0. The molecule has 0 fully saturated rings. The number of hydrogen-bond acceptors (Lipinski definition) is 1. The molecule has 0 bridgehead atoms. The topological polar surface area (TPSA) is 27.2 Å². The third-order valence-corrected chi connectivity index (χ3v) is 6.48. The second-order valence-electron chi connectivity index (χ2n) is 8.54. The van der Waals surface area contributed by atoms with E-state index in [1.807, 2.05) is 18.3 Å². The molecule has 2 aromatic heterocycles. The van der Waals surface area contributed by atoms with E-state index < -0.39 is 0 Å². The van der Waals surface area contributed by atoms with Crippen LogP contribution in [0.25, 0.3) is 34.7 Å². The molecule has 3 heteroatoms. The number of nitrogens with one attached hydrogen (secondary N) is 1. The number of nitrogens with zero attached hydrogens (tertiary/aromatic N) is 1. The summed E-state index contributed by atoms with van der Waals surface area (Å²) in [7, 11) is 1.69. The molecule has 1 N–H and O–H groups in total. The first-order valence-corrected chi connectivity index (χ1v) is 11.9. The Kier molecular flexibility index (Phi) is 6.35. The van der Waals surface area contributed by atoms with Crippen molar-refractivity contribution < 1.29 is 14.3 Å². The highest BCUT2D eigenvalue weighted by atomic mass is 16.5. The van der Waals surface area contributed by atoms with Crippen LogP contribution in [-0.2, 0) is 19.4 Å². The van der Waals surface area contributed by atoms with Crippen molar-refractivity contribution in [1.82, 2.24) is 0 Å². The summed E-state index contributed by atoms with van der Waals surface area (Å²) in [5, 5.41) is 0. The van der Waals surface area contributed by atoms with Gasteiger partial charge >= 0.3 is 0 Å². The molecule has 5 rings (SSSR count). The Morgan fingerprint density at radius 2 is 1.74 bits per heavy atom. The van der Waals surface area contributed by atoms with Crippen molar-refractivity contribution in [3.05, 3.63) is 114 Å². The summed E-state index contributed by atoms with van der Waals surface area (Å²) in [6.45, 7) is 3.27. The van der Waals surface area contributed by atoms with Crippen LogP contribution in [0.2, 0.25) is 0 Å². The first-order valence-electron chi connectivity index (χ1n) is 11.9. The van der Waals surface area contributed by atoms with Gasteiger partial charge in [-0.25, -0.2) is 4.98 Å². The van der Waals surface area contributed by atoms with E-state index in [1.54, 1.807) is 7.11 Å². The van der Waals surface area contributed by atoms with Gasteiger partial charge in [0.05, 0.1) is 18.2 Å². The summed E-state index contributed by atoms with van der Waals surface area (Å²) in [6.07, 6.45) is 14.7. The first kappa shape index (κ1) is 21.8. The zero-order valence-electron chi connectivity index (χ0n) is 19.8. The standard InChI is InChI=1S/C31H29N2O/c1-3-25-13-14-26-18-21-33-20-7-6-10-29(33)31(26)30(25)28-22-24(17-19-32-28)9-5-4-8-23-11-15-27(34-2)16-12-23/h4-17,19-20,22H,3,18,21H2,1-2H3/q+1/p+1/b8-4+,9-5+. The van der Waals surface area contributed by atoms with Crippen molar-refractivity contribution in [3.63, 3.8) is 0 Å². The van der Waals surface area contributed by atoms with Gasteiger partial charge in [0, 0.05) is 30.7 Å². The molecule has 0 unspecified atom stereocenters. The van der Waals surface area contributed by atoms with Crippen LogP contribution in [-0.4, -0.2) is 7.11 Å². The molecule has 0 spiro atoms. The fourth-order valence-electron chi connectivity index (χ4n) is 4.71. The van der Waals surface area contributed by atoms with Crippen LogP contribution in [0.4, 0.5) is 0 Å². The highest BCUT2D eigenvalue weighted by Crippen LogP contribution is 2.37. The number of rotatable bonds is 6. The van der Waals surface area contributed by atoms with Crippen molar-refractivity contribution in [2.45, 2.75) is 26.3 Å². The Morgan fingerprint density at radius 3 is 2.53 bits per heavy atom. The van der Waals surface area contributed by atoms with Crippen LogP contribution in [0, 0.1) is 0 Å². The van der Waals surface area contributed by atoms with Crippen molar-refractivity contribution in [2.75, 3.05) is 7.11 Å². The van der Waals surface area contributed by atoms with E-state index in [0.29, 0.717) is 0 Å². The number of aryl methyl sites for hydroxylation is 3. The lowest BCUT2D eigenvalue weighted by Crippen LogP contribution is -2.40. The molecule has 3 nitrogen and oxygen atoms in total. The molecule has 0 radical (unpaired) electrons. The number of H-pyrrole nitrogens is 1. The molecular formula is C31H30N2O+2. The quantitative estimate of drug-likeness (QED) is 0.265. The van der Waals surface area contributed by atoms with Gasteiger partial charge in [-0.05, 0) is 46.9 Å². The zero-order valence-corrected chi connectivity index (χ0v) is 19.8. The lowest BCUT2D eigenvalue weighted by Gasteiger charge is -2.19. The molecule has 168 valence electrons. The molecule has 3 heterocycles. The first-order chi connectivity index (χ1) is 16.8. The van der Waals surface area contributed by atoms with Crippen LogP contribution >= 0.6 is 0 Å². The molecule has 0 aliphatic carbocycles. The minimum atomic E-state index is 0.872. The molecule has 34 heavy (non-hydrogen) atoms. The van der Waals surface area contributed by atoms with Gasteiger partial charge in [0.15, 0.2) is 18.9 Å². The van der Waals surface area contributed by atoms with Crippen LogP contribution in [0.15, 0.2) is 91.3 Å². The van der Waals surface area contributed by atoms with Gasteiger partial charge in [0.2, 0.25) is 11.4 Å². The Morgan fingerprint density at radius 1 is 0.912 bits per heavy atom. The third-order valence-electron chi connectivity index (χ3n) is 6.48. The minimum Gasteiger partial charge on any atom is -0.497 e. The second-order valence-corrected chi connectivity index (χ2v) is 8.54. The zero-order chi connectivity index (χ0) is 23.3. The molecule has 1 aliphatic rings. The van der Waals surface area contributed by atoms with Crippen molar-refractivity contribution in [2.24, 2.45) is 0 Å². The van der Waals surface area contributed by atoms with E-state index >= 15 is 0 Å². The van der Waals surface area contributed by atoms with Gasteiger partial charge in [0.1, 0.15) is 5.75 Å². The summed E-state index contributed by atoms with van der Waals surface area (Å²) >= 11 is 0. The van der Waals surface area contributed by atoms with Crippen molar-refractivity contribution >= 4 is 12.2 Å². The van der Waals surface area contributed by atoms with E-state index in [1.165, 1.54) is 33.5 Å².